The molecule has 2 amide bonds. The number of carbonyl (C=O) groups is 2. The topological polar surface area (TPSA) is 74.4 Å². The number of hydrogen-bond donors (Lipinski definition) is 2. The van der Waals surface area contributed by atoms with Crippen LogP contribution in [0.25, 0.3) is 10.9 Å². The lowest BCUT2D eigenvalue weighted by Crippen LogP contribution is -2.43. The zero-order valence-electron chi connectivity index (χ0n) is 20.3. The predicted octanol–water partition coefficient (Wildman–Crippen LogP) is 5.66. The summed E-state index contributed by atoms with van der Waals surface area (Å²) in [4.78, 5) is 29.1. The van der Waals surface area contributed by atoms with Gasteiger partial charge < -0.3 is 19.9 Å². The molecular formula is C24H41N3O3. The van der Waals surface area contributed by atoms with E-state index in [1.165, 1.54) is 10.9 Å². The molecule has 0 saturated carbocycles. The van der Waals surface area contributed by atoms with Gasteiger partial charge in [0.25, 0.3) is 0 Å². The monoisotopic (exact) mass is 419 g/mol. The highest BCUT2D eigenvalue weighted by Crippen LogP contribution is 2.27. The van der Waals surface area contributed by atoms with Gasteiger partial charge in [0.15, 0.2) is 0 Å². The number of fused-ring (bicyclic) bond motifs is 3. The summed E-state index contributed by atoms with van der Waals surface area (Å²) in [6, 6.07) is 8.17. The molecule has 1 aromatic carbocycles. The van der Waals surface area contributed by atoms with Gasteiger partial charge in [-0.25, -0.2) is 4.79 Å². The molecule has 6 nitrogen and oxygen atoms in total. The molecule has 0 unspecified atom stereocenters. The van der Waals surface area contributed by atoms with Crippen molar-refractivity contribution >= 4 is 22.9 Å². The summed E-state index contributed by atoms with van der Waals surface area (Å²) < 4.78 is 5.14. The Balaban J connectivity index is 0.00000129. The second-order valence-corrected chi connectivity index (χ2v) is 7.05. The Hall–Kier alpha value is -2.50. The summed E-state index contributed by atoms with van der Waals surface area (Å²) in [6.45, 7) is 18.5. The van der Waals surface area contributed by atoms with E-state index in [2.05, 4.69) is 16.4 Å². The van der Waals surface area contributed by atoms with Gasteiger partial charge in [0, 0.05) is 23.1 Å². The van der Waals surface area contributed by atoms with E-state index in [1.54, 1.807) is 25.7 Å². The normalized spacial score (nSPS) is 12.1. The van der Waals surface area contributed by atoms with Crippen LogP contribution in [0.15, 0.2) is 24.3 Å². The molecule has 3 rings (SSSR count). The molecule has 0 radical (unpaired) electrons. The maximum Gasteiger partial charge on any atom is 0.408 e. The largest absolute Gasteiger partial charge is 0.444 e. The number of nitrogens with zero attached hydrogens (tertiary/aromatic N) is 1. The predicted molar refractivity (Wildman–Crippen MR) is 126 cm³/mol. The first kappa shape index (κ1) is 27.5. The van der Waals surface area contributed by atoms with Crippen molar-refractivity contribution in [3.8, 4) is 0 Å². The molecule has 1 aliphatic rings. The van der Waals surface area contributed by atoms with Crippen molar-refractivity contribution in [2.75, 3.05) is 13.1 Å². The third-order valence-corrected chi connectivity index (χ3v) is 4.02. The Bertz CT molecular complexity index is 776. The second-order valence-electron chi connectivity index (χ2n) is 7.05. The van der Waals surface area contributed by atoms with Crippen LogP contribution >= 0.6 is 0 Å². The van der Waals surface area contributed by atoms with Gasteiger partial charge in [0.05, 0.1) is 6.54 Å². The third-order valence-electron chi connectivity index (χ3n) is 4.02. The van der Waals surface area contributed by atoms with Crippen LogP contribution in [0.3, 0.4) is 0 Å². The number of hydrogen-bond acceptors (Lipinski definition) is 3. The molecule has 170 valence electrons. The van der Waals surface area contributed by atoms with Gasteiger partial charge >= 0.3 is 6.09 Å². The fraction of sp³-hybridized carbons (Fsp3) is 0.583. The van der Waals surface area contributed by atoms with E-state index in [0.717, 1.165) is 17.6 Å². The lowest BCUT2D eigenvalue weighted by Gasteiger charge is -2.27. The number of aromatic amines is 1. The minimum Gasteiger partial charge on any atom is -0.444 e. The summed E-state index contributed by atoms with van der Waals surface area (Å²) in [5.41, 5.74) is 2.89. The number of para-hydroxylation sites is 1. The summed E-state index contributed by atoms with van der Waals surface area (Å²) in [7, 11) is 0. The fourth-order valence-corrected chi connectivity index (χ4v) is 2.98. The average molecular weight is 420 g/mol. The maximum absolute atomic E-state index is 12.3. The summed E-state index contributed by atoms with van der Waals surface area (Å²) in [6.07, 6.45) is 0.247. The molecule has 0 fully saturated rings. The van der Waals surface area contributed by atoms with Crippen LogP contribution in [-0.4, -0.2) is 40.6 Å². The van der Waals surface area contributed by atoms with Gasteiger partial charge in [0.1, 0.15) is 12.1 Å². The van der Waals surface area contributed by atoms with Crippen LogP contribution in [0.1, 0.15) is 73.6 Å². The minimum atomic E-state index is -0.572. The number of rotatable bonds is 2. The minimum absolute atomic E-state index is 0.0511. The molecule has 0 bridgehead atoms. The van der Waals surface area contributed by atoms with Gasteiger partial charge in [-0.2, -0.15) is 0 Å². The van der Waals surface area contributed by atoms with E-state index in [-0.39, 0.29) is 12.5 Å². The van der Waals surface area contributed by atoms with Gasteiger partial charge in [-0.15, -0.1) is 0 Å². The number of carbonyl (C=O) groups excluding carboxylic acids is 2. The second kappa shape index (κ2) is 13.7. The van der Waals surface area contributed by atoms with Gasteiger partial charge in [-0.05, 0) is 38.8 Å². The zero-order valence-corrected chi connectivity index (χ0v) is 20.3. The van der Waals surface area contributed by atoms with Gasteiger partial charge in [0.2, 0.25) is 5.91 Å². The number of amides is 2. The van der Waals surface area contributed by atoms with Crippen molar-refractivity contribution in [3.05, 3.63) is 35.5 Å². The van der Waals surface area contributed by atoms with Crippen LogP contribution in [0.5, 0.6) is 0 Å². The molecule has 1 aromatic heterocycles. The number of aromatic nitrogens is 1. The van der Waals surface area contributed by atoms with E-state index >= 15 is 0 Å². The van der Waals surface area contributed by atoms with Gasteiger partial charge in [-0.3, -0.25) is 4.79 Å². The quantitative estimate of drug-likeness (QED) is 0.660. The Morgan fingerprint density at radius 1 is 1.07 bits per heavy atom. The molecule has 0 atom stereocenters. The number of nitrogens with one attached hydrogen (secondary N) is 2. The van der Waals surface area contributed by atoms with Crippen molar-refractivity contribution in [1.82, 2.24) is 15.2 Å². The highest BCUT2D eigenvalue weighted by atomic mass is 16.6. The first-order chi connectivity index (χ1) is 14.3. The molecular weight excluding hydrogens is 378 g/mol. The van der Waals surface area contributed by atoms with Crippen LogP contribution in [-0.2, 0) is 22.5 Å². The van der Waals surface area contributed by atoms with Crippen molar-refractivity contribution in [2.24, 2.45) is 0 Å². The highest BCUT2D eigenvalue weighted by Gasteiger charge is 2.24. The SMILES string of the molecule is CC.CC.CC.CC(C)(C)OC(=O)NCC(=O)N1CCc2c([nH]c3ccccc23)C1. The number of benzene rings is 1. The van der Waals surface area contributed by atoms with Crippen molar-refractivity contribution < 1.29 is 14.3 Å². The van der Waals surface area contributed by atoms with Gasteiger partial charge in [-0.1, -0.05) is 59.7 Å². The average Bonchev–Trinajstić information content (AvgIpc) is 3.13. The van der Waals surface area contributed by atoms with Crippen molar-refractivity contribution in [3.63, 3.8) is 0 Å². The zero-order chi connectivity index (χ0) is 23.3. The number of alkyl carbamates (subject to hydrolysis) is 1. The van der Waals surface area contributed by atoms with Crippen LogP contribution in [0.2, 0.25) is 0 Å². The van der Waals surface area contributed by atoms with Crippen LogP contribution in [0, 0.1) is 0 Å². The summed E-state index contributed by atoms with van der Waals surface area (Å²) >= 11 is 0. The molecule has 2 N–H and O–H groups in total. The molecule has 30 heavy (non-hydrogen) atoms. The summed E-state index contributed by atoms with van der Waals surface area (Å²) in [5, 5.41) is 3.75. The Kier molecular flexibility index (Phi) is 12.5. The molecule has 2 heterocycles. The van der Waals surface area contributed by atoms with E-state index in [0.29, 0.717) is 13.1 Å². The number of H-pyrrole nitrogens is 1. The molecule has 0 saturated heterocycles. The first-order valence-electron chi connectivity index (χ1n) is 11.2. The number of ether oxygens (including phenoxy) is 1. The highest BCUT2D eigenvalue weighted by molar-refractivity contribution is 5.86. The molecule has 2 aromatic rings. The Morgan fingerprint density at radius 3 is 2.27 bits per heavy atom. The van der Waals surface area contributed by atoms with E-state index in [4.69, 9.17) is 4.74 Å². The Labute approximate surface area is 182 Å². The maximum atomic E-state index is 12.3. The molecule has 0 aliphatic carbocycles. The van der Waals surface area contributed by atoms with Crippen molar-refractivity contribution in [1.29, 1.82) is 0 Å². The van der Waals surface area contributed by atoms with Crippen molar-refractivity contribution in [2.45, 2.75) is 80.9 Å². The van der Waals surface area contributed by atoms with E-state index in [1.807, 2.05) is 59.7 Å². The first-order valence-corrected chi connectivity index (χ1v) is 11.2. The Morgan fingerprint density at radius 2 is 1.67 bits per heavy atom. The molecule has 6 heteroatoms. The molecule has 1 aliphatic heterocycles. The third kappa shape index (κ3) is 8.09. The van der Waals surface area contributed by atoms with Crippen LogP contribution < -0.4 is 5.32 Å². The fourth-order valence-electron chi connectivity index (χ4n) is 2.98. The smallest absolute Gasteiger partial charge is 0.408 e. The lowest BCUT2D eigenvalue weighted by molar-refractivity contribution is -0.131. The summed E-state index contributed by atoms with van der Waals surface area (Å²) in [5.74, 6) is -0.106. The lowest BCUT2D eigenvalue weighted by atomic mass is 10.0. The standard InChI is InChI=1S/C18H23N3O3.3C2H6/c1-18(2,3)24-17(23)19-10-16(22)21-9-8-13-12-6-4-5-7-14(12)20-15(13)11-21;3*1-2/h4-7,20H,8-11H2,1-3H3,(H,19,23);3*1-2H3. The van der Waals surface area contributed by atoms with Crippen LogP contribution in [0.4, 0.5) is 4.79 Å². The van der Waals surface area contributed by atoms with E-state index in [9.17, 15) is 9.59 Å². The molecule has 0 spiro atoms. The van der Waals surface area contributed by atoms with E-state index < -0.39 is 11.7 Å².